The quantitative estimate of drug-likeness (QED) is 0.812. The first kappa shape index (κ1) is 14.5. The van der Waals surface area contributed by atoms with Gasteiger partial charge in [-0.25, -0.2) is 0 Å². The van der Waals surface area contributed by atoms with Gasteiger partial charge in [-0.2, -0.15) is 0 Å². The maximum atomic E-state index is 11.1. The first-order chi connectivity index (χ1) is 8.43. The number of rotatable bonds is 6. The van der Waals surface area contributed by atoms with Crippen LogP contribution in [-0.2, 0) is 10.2 Å². The van der Waals surface area contributed by atoms with E-state index >= 15 is 0 Å². The molecular formula is C14H21NO3. The summed E-state index contributed by atoms with van der Waals surface area (Å²) in [7, 11) is 1.59. The molecule has 2 atom stereocenters. The number of nitrogens with two attached hydrogens (primary N) is 1. The Morgan fingerprint density at radius 3 is 2.72 bits per heavy atom. The molecule has 0 saturated heterocycles. The topological polar surface area (TPSA) is 72.6 Å². The average molecular weight is 251 g/mol. The number of aliphatic carboxylic acids is 1. The lowest BCUT2D eigenvalue weighted by Gasteiger charge is -2.34. The number of carboxylic acids is 1. The minimum absolute atomic E-state index is 0.00910. The molecule has 2 unspecified atom stereocenters. The molecule has 0 aliphatic heterocycles. The maximum absolute atomic E-state index is 11.1. The highest BCUT2D eigenvalue weighted by atomic mass is 16.5. The summed E-state index contributed by atoms with van der Waals surface area (Å²) < 4.78 is 5.18. The Morgan fingerprint density at radius 2 is 2.22 bits per heavy atom. The normalized spacial score (nSPS) is 15.8. The highest BCUT2D eigenvalue weighted by Crippen LogP contribution is 2.33. The van der Waals surface area contributed by atoms with E-state index in [2.05, 4.69) is 0 Å². The van der Waals surface area contributed by atoms with Crippen molar-refractivity contribution in [2.24, 2.45) is 5.73 Å². The van der Waals surface area contributed by atoms with Crippen molar-refractivity contribution in [3.63, 3.8) is 0 Å². The summed E-state index contributed by atoms with van der Waals surface area (Å²) in [4.78, 5) is 11.1. The molecular weight excluding hydrogens is 230 g/mol. The first-order valence-electron chi connectivity index (χ1n) is 6.06. The van der Waals surface area contributed by atoms with Gasteiger partial charge in [0.1, 0.15) is 5.75 Å². The van der Waals surface area contributed by atoms with Crippen LogP contribution in [0.25, 0.3) is 0 Å². The SMILES string of the molecule is CCC(N)C(C)(CC(=O)O)c1cccc(OC)c1. The van der Waals surface area contributed by atoms with Crippen molar-refractivity contribution in [1.29, 1.82) is 0 Å². The van der Waals surface area contributed by atoms with Crippen LogP contribution in [0.5, 0.6) is 5.75 Å². The number of benzene rings is 1. The Kier molecular flexibility index (Phi) is 4.73. The third-order valence-corrected chi connectivity index (χ3v) is 3.51. The van der Waals surface area contributed by atoms with Crippen molar-refractivity contribution < 1.29 is 14.6 Å². The number of hydrogen-bond acceptors (Lipinski definition) is 3. The Morgan fingerprint density at radius 1 is 1.56 bits per heavy atom. The van der Waals surface area contributed by atoms with Crippen molar-refractivity contribution >= 4 is 5.97 Å². The fourth-order valence-corrected chi connectivity index (χ4v) is 2.19. The van der Waals surface area contributed by atoms with Crippen LogP contribution in [0.4, 0.5) is 0 Å². The zero-order chi connectivity index (χ0) is 13.8. The van der Waals surface area contributed by atoms with Gasteiger partial charge in [-0.1, -0.05) is 26.0 Å². The van der Waals surface area contributed by atoms with Gasteiger partial charge in [-0.05, 0) is 24.1 Å². The fraction of sp³-hybridized carbons (Fsp3) is 0.500. The third-order valence-electron chi connectivity index (χ3n) is 3.51. The Labute approximate surface area is 108 Å². The molecule has 1 aromatic rings. The second-order valence-electron chi connectivity index (χ2n) is 4.73. The van der Waals surface area contributed by atoms with Crippen LogP contribution in [-0.4, -0.2) is 24.2 Å². The van der Waals surface area contributed by atoms with Crippen molar-refractivity contribution in [1.82, 2.24) is 0 Å². The standard InChI is InChI=1S/C14H21NO3/c1-4-12(15)14(2,9-13(16)17)10-6-5-7-11(8-10)18-3/h5-8,12H,4,9,15H2,1-3H3,(H,16,17). The summed E-state index contributed by atoms with van der Waals surface area (Å²) in [5, 5.41) is 9.09. The summed E-state index contributed by atoms with van der Waals surface area (Å²) in [6.45, 7) is 3.86. The van der Waals surface area contributed by atoms with Crippen molar-refractivity contribution in [2.75, 3.05) is 7.11 Å². The molecule has 3 N–H and O–H groups in total. The Bertz CT molecular complexity index is 419. The first-order valence-corrected chi connectivity index (χ1v) is 6.06. The second kappa shape index (κ2) is 5.87. The predicted octanol–water partition coefficient (Wildman–Crippen LogP) is 2.16. The lowest BCUT2D eigenvalue weighted by molar-refractivity contribution is -0.138. The molecule has 4 nitrogen and oxygen atoms in total. The predicted molar refractivity (Wildman–Crippen MR) is 70.9 cm³/mol. The van der Waals surface area contributed by atoms with E-state index in [1.807, 2.05) is 38.1 Å². The van der Waals surface area contributed by atoms with Crippen LogP contribution in [0.2, 0.25) is 0 Å². The molecule has 0 aliphatic rings. The summed E-state index contributed by atoms with van der Waals surface area (Å²) >= 11 is 0. The molecule has 18 heavy (non-hydrogen) atoms. The van der Waals surface area contributed by atoms with Gasteiger partial charge in [-0.15, -0.1) is 0 Å². The second-order valence-corrected chi connectivity index (χ2v) is 4.73. The van der Waals surface area contributed by atoms with Crippen LogP contribution in [0.1, 0.15) is 32.3 Å². The van der Waals surface area contributed by atoms with E-state index in [4.69, 9.17) is 15.6 Å². The van der Waals surface area contributed by atoms with Gasteiger partial charge >= 0.3 is 5.97 Å². The van der Waals surface area contributed by atoms with Crippen LogP contribution in [0.15, 0.2) is 24.3 Å². The lowest BCUT2D eigenvalue weighted by Crippen LogP contribution is -2.44. The van der Waals surface area contributed by atoms with E-state index in [1.165, 1.54) is 0 Å². The van der Waals surface area contributed by atoms with Gasteiger partial charge in [0.2, 0.25) is 0 Å². The van der Waals surface area contributed by atoms with Gasteiger partial charge in [0.25, 0.3) is 0 Å². The molecule has 4 heteroatoms. The molecule has 100 valence electrons. The molecule has 0 amide bonds. The monoisotopic (exact) mass is 251 g/mol. The van der Waals surface area contributed by atoms with Crippen LogP contribution in [0, 0.1) is 0 Å². The molecule has 0 bridgehead atoms. The van der Waals surface area contributed by atoms with Gasteiger partial charge in [0, 0.05) is 11.5 Å². The number of hydrogen-bond donors (Lipinski definition) is 2. The highest BCUT2D eigenvalue weighted by Gasteiger charge is 2.35. The minimum atomic E-state index is -0.843. The fourth-order valence-electron chi connectivity index (χ4n) is 2.19. The minimum Gasteiger partial charge on any atom is -0.497 e. The van der Waals surface area contributed by atoms with Gasteiger partial charge in [-0.3, -0.25) is 4.79 Å². The molecule has 0 heterocycles. The van der Waals surface area contributed by atoms with Gasteiger partial charge in [0.15, 0.2) is 0 Å². The summed E-state index contributed by atoms with van der Waals surface area (Å²) in [5.74, 6) is -0.128. The molecule has 1 aromatic carbocycles. The summed E-state index contributed by atoms with van der Waals surface area (Å²) in [6, 6.07) is 7.25. The van der Waals surface area contributed by atoms with Crippen LogP contribution in [0.3, 0.4) is 0 Å². The molecule has 1 rings (SSSR count). The van der Waals surface area contributed by atoms with E-state index in [9.17, 15) is 4.79 Å². The molecule has 0 fully saturated rings. The smallest absolute Gasteiger partial charge is 0.304 e. The van der Waals surface area contributed by atoms with Crippen LogP contribution < -0.4 is 10.5 Å². The number of methoxy groups -OCH3 is 1. The summed E-state index contributed by atoms with van der Waals surface area (Å²) in [6.07, 6.45) is 0.732. The van der Waals surface area contributed by atoms with Crippen molar-refractivity contribution in [2.45, 2.75) is 38.1 Å². The number of ether oxygens (including phenoxy) is 1. The Hall–Kier alpha value is -1.55. The third kappa shape index (κ3) is 3.01. The molecule has 0 aliphatic carbocycles. The number of carbonyl (C=O) groups is 1. The lowest BCUT2D eigenvalue weighted by atomic mass is 9.72. The zero-order valence-corrected chi connectivity index (χ0v) is 11.1. The zero-order valence-electron chi connectivity index (χ0n) is 11.1. The van der Waals surface area contributed by atoms with E-state index in [0.717, 1.165) is 12.0 Å². The number of carboxylic acid groups (broad SMARTS) is 1. The van der Waals surface area contributed by atoms with Crippen molar-refractivity contribution in [3.8, 4) is 5.75 Å². The van der Waals surface area contributed by atoms with Crippen LogP contribution >= 0.6 is 0 Å². The van der Waals surface area contributed by atoms with E-state index in [1.54, 1.807) is 7.11 Å². The average Bonchev–Trinajstić information content (AvgIpc) is 2.36. The molecule has 0 saturated carbocycles. The summed E-state index contributed by atoms with van der Waals surface area (Å²) in [5.41, 5.74) is 6.43. The van der Waals surface area contributed by atoms with E-state index < -0.39 is 11.4 Å². The molecule has 0 aromatic heterocycles. The maximum Gasteiger partial charge on any atom is 0.304 e. The molecule has 0 radical (unpaired) electrons. The van der Waals surface area contributed by atoms with Gasteiger partial charge < -0.3 is 15.6 Å². The highest BCUT2D eigenvalue weighted by molar-refractivity contribution is 5.69. The molecule has 0 spiro atoms. The van der Waals surface area contributed by atoms with E-state index in [-0.39, 0.29) is 12.5 Å². The Balaban J connectivity index is 3.19. The van der Waals surface area contributed by atoms with Crippen molar-refractivity contribution in [3.05, 3.63) is 29.8 Å². The van der Waals surface area contributed by atoms with E-state index in [0.29, 0.717) is 5.75 Å². The largest absolute Gasteiger partial charge is 0.497 e. The van der Waals surface area contributed by atoms with Gasteiger partial charge in [0.05, 0.1) is 13.5 Å².